The lowest BCUT2D eigenvalue weighted by Gasteiger charge is -2.19. The second-order valence-electron chi connectivity index (χ2n) is 5.04. The number of rotatable bonds is 4. The third kappa shape index (κ3) is 3.41. The standard InChI is InChI=1S/C15H17NO5S/c1-9(17)22-8-10-6-13(18)16(7-10)12-5-3-4-11(14(12)19)15(20)21-2/h3-5,10,19H,6-8H2,1-2H3. The quantitative estimate of drug-likeness (QED) is 0.851. The summed E-state index contributed by atoms with van der Waals surface area (Å²) in [6, 6.07) is 4.61. The number of thioether (sulfide) groups is 1. The van der Waals surface area contributed by atoms with Crippen molar-refractivity contribution in [2.45, 2.75) is 13.3 Å². The molecule has 1 heterocycles. The van der Waals surface area contributed by atoms with Crippen LogP contribution in [0.3, 0.4) is 0 Å². The second-order valence-corrected chi connectivity index (χ2v) is 6.24. The molecule has 1 atom stereocenters. The molecule has 0 aliphatic carbocycles. The van der Waals surface area contributed by atoms with Gasteiger partial charge in [0, 0.05) is 25.6 Å². The average Bonchev–Trinajstić information content (AvgIpc) is 2.85. The van der Waals surface area contributed by atoms with E-state index in [0.29, 0.717) is 24.4 Å². The molecule has 1 fully saturated rings. The van der Waals surface area contributed by atoms with E-state index in [0.717, 1.165) is 0 Å². The van der Waals surface area contributed by atoms with Crippen molar-refractivity contribution in [2.75, 3.05) is 24.3 Å². The number of carbonyl (C=O) groups is 3. The molecule has 1 aromatic carbocycles. The number of amides is 1. The Kier molecular flexibility index (Phi) is 5.07. The maximum Gasteiger partial charge on any atom is 0.341 e. The van der Waals surface area contributed by atoms with Crippen LogP contribution in [0, 0.1) is 5.92 Å². The second kappa shape index (κ2) is 6.83. The molecule has 0 radical (unpaired) electrons. The number of ether oxygens (including phenoxy) is 1. The molecule has 0 bridgehead atoms. The van der Waals surface area contributed by atoms with E-state index in [-0.39, 0.29) is 28.3 Å². The molecule has 1 aliphatic heterocycles. The number of esters is 1. The van der Waals surface area contributed by atoms with Crippen molar-refractivity contribution in [3.63, 3.8) is 0 Å². The van der Waals surface area contributed by atoms with Gasteiger partial charge in [-0.15, -0.1) is 0 Å². The van der Waals surface area contributed by atoms with Crippen molar-refractivity contribution >= 4 is 34.4 Å². The smallest absolute Gasteiger partial charge is 0.341 e. The lowest BCUT2D eigenvalue weighted by molar-refractivity contribution is -0.117. The Labute approximate surface area is 132 Å². The Morgan fingerprint density at radius 1 is 1.45 bits per heavy atom. The number of aromatic hydroxyl groups is 1. The molecule has 2 rings (SSSR count). The molecule has 1 aromatic rings. The summed E-state index contributed by atoms with van der Waals surface area (Å²) < 4.78 is 4.60. The zero-order valence-corrected chi connectivity index (χ0v) is 13.2. The van der Waals surface area contributed by atoms with Crippen molar-refractivity contribution in [1.29, 1.82) is 0 Å². The maximum atomic E-state index is 12.1. The topological polar surface area (TPSA) is 83.9 Å². The zero-order valence-electron chi connectivity index (χ0n) is 12.4. The van der Waals surface area contributed by atoms with Gasteiger partial charge in [0.2, 0.25) is 5.91 Å². The summed E-state index contributed by atoms with van der Waals surface area (Å²) in [7, 11) is 1.23. The molecule has 6 nitrogen and oxygen atoms in total. The van der Waals surface area contributed by atoms with Crippen LogP contribution in [0.15, 0.2) is 18.2 Å². The number of methoxy groups -OCH3 is 1. The number of benzene rings is 1. The van der Waals surface area contributed by atoms with Gasteiger partial charge in [0.15, 0.2) is 10.9 Å². The summed E-state index contributed by atoms with van der Waals surface area (Å²) in [4.78, 5) is 36.2. The number of phenolic OH excluding ortho intramolecular Hbond substituents is 1. The highest BCUT2D eigenvalue weighted by atomic mass is 32.2. The summed E-state index contributed by atoms with van der Waals surface area (Å²) in [5, 5.41) is 10.2. The molecule has 118 valence electrons. The Balaban J connectivity index is 2.20. The molecule has 0 saturated carbocycles. The van der Waals surface area contributed by atoms with Crippen LogP contribution in [0.2, 0.25) is 0 Å². The van der Waals surface area contributed by atoms with Gasteiger partial charge in [-0.25, -0.2) is 4.79 Å². The van der Waals surface area contributed by atoms with Crippen molar-refractivity contribution < 1.29 is 24.2 Å². The molecule has 22 heavy (non-hydrogen) atoms. The van der Waals surface area contributed by atoms with Gasteiger partial charge in [0.25, 0.3) is 0 Å². The summed E-state index contributed by atoms with van der Waals surface area (Å²) >= 11 is 1.19. The van der Waals surface area contributed by atoms with E-state index in [4.69, 9.17) is 0 Å². The first kappa shape index (κ1) is 16.4. The van der Waals surface area contributed by atoms with Gasteiger partial charge in [-0.05, 0) is 18.1 Å². The number of hydrogen-bond donors (Lipinski definition) is 1. The molecule has 1 N–H and O–H groups in total. The highest BCUT2D eigenvalue weighted by Gasteiger charge is 2.33. The first-order valence-corrected chi connectivity index (χ1v) is 7.76. The lowest BCUT2D eigenvalue weighted by atomic mass is 10.1. The molecule has 0 aromatic heterocycles. The monoisotopic (exact) mass is 323 g/mol. The maximum absolute atomic E-state index is 12.1. The predicted octanol–water partition coefficient (Wildman–Crippen LogP) is 1.81. The van der Waals surface area contributed by atoms with Gasteiger partial charge < -0.3 is 14.7 Å². The fourth-order valence-corrected chi connectivity index (χ4v) is 3.08. The minimum atomic E-state index is -0.658. The van der Waals surface area contributed by atoms with Gasteiger partial charge in [0.05, 0.1) is 12.8 Å². The van der Waals surface area contributed by atoms with Crippen molar-refractivity contribution in [1.82, 2.24) is 0 Å². The Morgan fingerprint density at radius 3 is 2.82 bits per heavy atom. The first-order chi connectivity index (χ1) is 10.4. The van der Waals surface area contributed by atoms with Crippen molar-refractivity contribution in [3.8, 4) is 5.75 Å². The van der Waals surface area contributed by atoms with E-state index in [1.165, 1.54) is 36.8 Å². The molecule has 7 heteroatoms. The number of hydrogen-bond acceptors (Lipinski definition) is 6. The van der Waals surface area contributed by atoms with Crippen LogP contribution < -0.4 is 4.90 Å². The Hall–Kier alpha value is -2.02. The molecule has 1 saturated heterocycles. The van der Waals surface area contributed by atoms with E-state index in [9.17, 15) is 19.5 Å². The molecule has 1 amide bonds. The van der Waals surface area contributed by atoms with Gasteiger partial charge in [0.1, 0.15) is 5.56 Å². The Bertz CT molecular complexity index is 616. The number of carbonyl (C=O) groups excluding carboxylic acids is 3. The summed E-state index contributed by atoms with van der Waals surface area (Å²) in [6.45, 7) is 1.90. The fourth-order valence-electron chi connectivity index (χ4n) is 2.39. The molecule has 1 aliphatic rings. The minimum Gasteiger partial charge on any atom is -0.505 e. The highest BCUT2D eigenvalue weighted by molar-refractivity contribution is 8.13. The zero-order chi connectivity index (χ0) is 16.3. The third-order valence-corrected chi connectivity index (χ3v) is 4.48. The van der Waals surface area contributed by atoms with Gasteiger partial charge >= 0.3 is 5.97 Å². The lowest BCUT2D eigenvalue weighted by Crippen LogP contribution is -2.25. The fraction of sp³-hybridized carbons (Fsp3) is 0.400. The molecular weight excluding hydrogens is 306 g/mol. The normalized spacial score (nSPS) is 17.6. The third-order valence-electron chi connectivity index (χ3n) is 3.44. The molecular formula is C15H17NO5S. The number of nitrogens with zero attached hydrogens (tertiary/aromatic N) is 1. The van der Waals surface area contributed by atoms with E-state index >= 15 is 0 Å². The predicted molar refractivity (Wildman–Crippen MR) is 83.0 cm³/mol. The van der Waals surface area contributed by atoms with Crippen molar-refractivity contribution in [2.24, 2.45) is 5.92 Å². The van der Waals surface area contributed by atoms with Crippen LogP contribution in [0.4, 0.5) is 5.69 Å². The largest absolute Gasteiger partial charge is 0.505 e. The average molecular weight is 323 g/mol. The van der Waals surface area contributed by atoms with Crippen LogP contribution in [-0.4, -0.2) is 41.5 Å². The van der Waals surface area contributed by atoms with Crippen LogP contribution in [-0.2, 0) is 14.3 Å². The van der Waals surface area contributed by atoms with Crippen LogP contribution in [0.5, 0.6) is 5.75 Å². The number of anilines is 1. The van der Waals surface area contributed by atoms with Gasteiger partial charge in [-0.2, -0.15) is 0 Å². The molecule has 0 spiro atoms. The summed E-state index contributed by atoms with van der Waals surface area (Å²) in [5.41, 5.74) is 0.317. The molecule has 1 unspecified atom stereocenters. The van der Waals surface area contributed by atoms with E-state index in [1.807, 2.05) is 0 Å². The number of para-hydroxylation sites is 1. The van der Waals surface area contributed by atoms with E-state index < -0.39 is 5.97 Å². The number of phenols is 1. The van der Waals surface area contributed by atoms with Crippen LogP contribution in [0.1, 0.15) is 23.7 Å². The highest BCUT2D eigenvalue weighted by Crippen LogP contribution is 2.35. The SMILES string of the molecule is COC(=O)c1cccc(N2CC(CSC(C)=O)CC2=O)c1O. The van der Waals surface area contributed by atoms with Crippen LogP contribution in [0.25, 0.3) is 0 Å². The van der Waals surface area contributed by atoms with E-state index in [1.54, 1.807) is 12.1 Å². The Morgan fingerprint density at radius 2 is 2.18 bits per heavy atom. The van der Waals surface area contributed by atoms with Crippen LogP contribution >= 0.6 is 11.8 Å². The van der Waals surface area contributed by atoms with Gasteiger partial charge in [-0.3, -0.25) is 9.59 Å². The minimum absolute atomic E-state index is 0.0152. The first-order valence-electron chi connectivity index (χ1n) is 6.78. The summed E-state index contributed by atoms with van der Waals surface area (Å²) in [6.07, 6.45) is 0.322. The van der Waals surface area contributed by atoms with E-state index in [2.05, 4.69) is 4.74 Å². The van der Waals surface area contributed by atoms with Crippen molar-refractivity contribution in [3.05, 3.63) is 23.8 Å². The summed E-state index contributed by atoms with van der Waals surface area (Å²) in [5.74, 6) is -0.444. The van der Waals surface area contributed by atoms with Gasteiger partial charge in [-0.1, -0.05) is 17.8 Å².